The molecule has 3 aromatic rings. The van der Waals surface area contributed by atoms with E-state index >= 15 is 0 Å². The van der Waals surface area contributed by atoms with E-state index in [0.717, 1.165) is 11.1 Å². The van der Waals surface area contributed by atoms with E-state index in [-0.39, 0.29) is 18.4 Å². The quantitative estimate of drug-likeness (QED) is 0.544. The third kappa shape index (κ3) is 5.60. The highest BCUT2D eigenvalue weighted by molar-refractivity contribution is 6.33. The van der Waals surface area contributed by atoms with E-state index in [1.165, 1.54) is 0 Å². The number of aryl methyl sites for hydroxylation is 1. The predicted octanol–water partition coefficient (Wildman–Crippen LogP) is 5.00. The van der Waals surface area contributed by atoms with Gasteiger partial charge in [0.15, 0.2) is 11.7 Å². The number of nitrogens with one attached hydrogen (secondary N) is 1. The SMILES string of the molecule is CN(C)[C@H](CNC(=O)CCc1ncc(-c2ccccc2Cl)o1)c1ccccc1Cl. The van der Waals surface area contributed by atoms with Gasteiger partial charge in [-0.2, -0.15) is 0 Å². The zero-order chi connectivity index (χ0) is 20.8. The monoisotopic (exact) mass is 431 g/mol. The van der Waals surface area contributed by atoms with Crippen LogP contribution in [0.15, 0.2) is 59.1 Å². The smallest absolute Gasteiger partial charge is 0.220 e. The molecule has 0 spiro atoms. The van der Waals surface area contributed by atoms with E-state index in [0.29, 0.717) is 34.7 Å². The Morgan fingerprint density at radius 2 is 1.79 bits per heavy atom. The number of halogens is 2. The number of amides is 1. The van der Waals surface area contributed by atoms with Crippen LogP contribution in [0, 0.1) is 0 Å². The Labute approximate surface area is 180 Å². The summed E-state index contributed by atoms with van der Waals surface area (Å²) in [6.45, 7) is 0.464. The standard InChI is InChI=1S/C22H23Cl2N3O2/c1-27(2)19(15-7-3-5-9-17(15)23)13-25-21(28)11-12-22-26-14-20(29-22)16-8-4-6-10-18(16)24/h3-10,14,19H,11-13H2,1-2H3,(H,25,28)/t19-/m1/s1. The molecular formula is C22H23Cl2N3O2. The van der Waals surface area contributed by atoms with Crippen LogP contribution in [0.5, 0.6) is 0 Å². The number of likely N-dealkylation sites (N-methyl/N-ethyl adjacent to an activating group) is 1. The highest BCUT2D eigenvalue weighted by Gasteiger charge is 2.18. The molecule has 1 N–H and O–H groups in total. The average molecular weight is 432 g/mol. The van der Waals surface area contributed by atoms with Crippen LogP contribution < -0.4 is 5.32 Å². The summed E-state index contributed by atoms with van der Waals surface area (Å²) >= 11 is 12.5. The van der Waals surface area contributed by atoms with Crippen LogP contribution in [0.3, 0.4) is 0 Å². The summed E-state index contributed by atoms with van der Waals surface area (Å²) in [6.07, 6.45) is 2.33. The Morgan fingerprint density at radius 1 is 1.10 bits per heavy atom. The van der Waals surface area contributed by atoms with Gasteiger partial charge in [-0.15, -0.1) is 0 Å². The molecule has 1 atom stereocenters. The first-order chi connectivity index (χ1) is 14.0. The third-order valence-electron chi connectivity index (χ3n) is 4.64. The highest BCUT2D eigenvalue weighted by Crippen LogP contribution is 2.28. The normalized spacial score (nSPS) is 12.2. The zero-order valence-corrected chi connectivity index (χ0v) is 17.9. The molecule has 0 aliphatic carbocycles. The molecular weight excluding hydrogens is 409 g/mol. The van der Waals surface area contributed by atoms with Crippen molar-refractivity contribution in [2.24, 2.45) is 0 Å². The lowest BCUT2D eigenvalue weighted by atomic mass is 10.1. The van der Waals surface area contributed by atoms with Gasteiger partial charge in [0.2, 0.25) is 5.91 Å². The van der Waals surface area contributed by atoms with Gasteiger partial charge in [-0.25, -0.2) is 4.98 Å². The summed E-state index contributed by atoms with van der Waals surface area (Å²) in [5, 5.41) is 4.26. The Kier molecular flexibility index (Phi) is 7.31. The minimum Gasteiger partial charge on any atom is -0.441 e. The van der Waals surface area contributed by atoms with Crippen molar-refractivity contribution in [2.75, 3.05) is 20.6 Å². The number of carbonyl (C=O) groups excluding carboxylic acids is 1. The first-order valence-corrected chi connectivity index (χ1v) is 10.1. The van der Waals surface area contributed by atoms with E-state index in [4.69, 9.17) is 27.6 Å². The lowest BCUT2D eigenvalue weighted by Gasteiger charge is -2.26. The molecule has 0 radical (unpaired) electrons. The molecule has 7 heteroatoms. The Balaban J connectivity index is 1.55. The number of hydrogen-bond acceptors (Lipinski definition) is 4. The predicted molar refractivity (Wildman–Crippen MR) is 116 cm³/mol. The molecule has 1 amide bonds. The number of aromatic nitrogens is 1. The highest BCUT2D eigenvalue weighted by atomic mass is 35.5. The number of oxazole rings is 1. The van der Waals surface area contributed by atoms with Gasteiger partial charge in [0, 0.05) is 30.0 Å². The van der Waals surface area contributed by atoms with Crippen LogP contribution in [0.25, 0.3) is 11.3 Å². The molecule has 0 saturated heterocycles. The summed E-state index contributed by atoms with van der Waals surface area (Å²) in [6, 6.07) is 15.1. The summed E-state index contributed by atoms with van der Waals surface area (Å²) in [5.74, 6) is 1.03. The molecule has 0 aliphatic rings. The minimum absolute atomic E-state index is 0.0128. The number of hydrogen-bond donors (Lipinski definition) is 1. The van der Waals surface area contributed by atoms with Crippen molar-refractivity contribution in [2.45, 2.75) is 18.9 Å². The fourth-order valence-corrected chi connectivity index (χ4v) is 3.54. The number of benzene rings is 2. The maximum absolute atomic E-state index is 12.3. The van der Waals surface area contributed by atoms with E-state index < -0.39 is 0 Å². The zero-order valence-electron chi connectivity index (χ0n) is 16.4. The number of nitrogens with zero attached hydrogens (tertiary/aromatic N) is 2. The average Bonchev–Trinajstić information content (AvgIpc) is 3.17. The molecule has 0 fully saturated rings. The number of rotatable bonds is 8. The van der Waals surface area contributed by atoms with Crippen molar-refractivity contribution in [3.05, 3.63) is 76.2 Å². The fourth-order valence-electron chi connectivity index (χ4n) is 3.05. The van der Waals surface area contributed by atoms with Gasteiger partial charge in [-0.05, 0) is 37.9 Å². The number of carbonyl (C=O) groups is 1. The summed E-state index contributed by atoms with van der Waals surface area (Å²) in [4.78, 5) is 18.6. The molecule has 1 aromatic heterocycles. The van der Waals surface area contributed by atoms with Gasteiger partial charge in [-0.3, -0.25) is 4.79 Å². The molecule has 1 heterocycles. The molecule has 0 saturated carbocycles. The Hall–Kier alpha value is -2.34. The maximum atomic E-state index is 12.3. The molecule has 5 nitrogen and oxygen atoms in total. The molecule has 0 bridgehead atoms. The fraction of sp³-hybridized carbons (Fsp3) is 0.273. The van der Waals surface area contributed by atoms with E-state index in [1.54, 1.807) is 12.3 Å². The van der Waals surface area contributed by atoms with Gasteiger partial charge >= 0.3 is 0 Å². The first kappa shape index (κ1) is 21.4. The lowest BCUT2D eigenvalue weighted by molar-refractivity contribution is -0.121. The summed E-state index contributed by atoms with van der Waals surface area (Å²) in [7, 11) is 3.92. The Morgan fingerprint density at radius 3 is 2.48 bits per heavy atom. The van der Waals surface area contributed by atoms with Crippen molar-refractivity contribution in [3.63, 3.8) is 0 Å². The van der Waals surface area contributed by atoms with E-state index in [9.17, 15) is 4.79 Å². The second-order valence-electron chi connectivity index (χ2n) is 6.90. The van der Waals surface area contributed by atoms with Gasteiger partial charge in [0.25, 0.3) is 0 Å². The second-order valence-corrected chi connectivity index (χ2v) is 7.72. The largest absolute Gasteiger partial charge is 0.441 e. The van der Waals surface area contributed by atoms with Crippen LogP contribution in [-0.4, -0.2) is 36.4 Å². The van der Waals surface area contributed by atoms with E-state index in [1.807, 2.05) is 61.5 Å². The van der Waals surface area contributed by atoms with E-state index in [2.05, 4.69) is 10.3 Å². The van der Waals surface area contributed by atoms with Gasteiger partial charge in [0.05, 0.1) is 17.3 Å². The lowest BCUT2D eigenvalue weighted by Crippen LogP contribution is -2.34. The topological polar surface area (TPSA) is 58.4 Å². The molecule has 0 unspecified atom stereocenters. The maximum Gasteiger partial charge on any atom is 0.220 e. The molecule has 3 rings (SSSR count). The van der Waals surface area contributed by atoms with Gasteiger partial charge < -0.3 is 14.6 Å². The first-order valence-electron chi connectivity index (χ1n) is 9.33. The van der Waals surface area contributed by atoms with Crippen LogP contribution in [0.1, 0.15) is 23.9 Å². The van der Waals surface area contributed by atoms with Crippen LogP contribution >= 0.6 is 23.2 Å². The molecule has 0 aliphatic heterocycles. The van der Waals surface area contributed by atoms with Crippen molar-refractivity contribution < 1.29 is 9.21 Å². The summed E-state index contributed by atoms with van der Waals surface area (Å²) < 4.78 is 5.75. The summed E-state index contributed by atoms with van der Waals surface area (Å²) in [5.41, 5.74) is 1.77. The molecule has 152 valence electrons. The molecule has 29 heavy (non-hydrogen) atoms. The van der Waals surface area contributed by atoms with Crippen molar-refractivity contribution in [3.8, 4) is 11.3 Å². The third-order valence-corrected chi connectivity index (χ3v) is 5.31. The van der Waals surface area contributed by atoms with Gasteiger partial charge in [0.1, 0.15) is 0 Å². The molecule has 2 aromatic carbocycles. The van der Waals surface area contributed by atoms with Crippen LogP contribution in [0.4, 0.5) is 0 Å². The van der Waals surface area contributed by atoms with Crippen molar-refractivity contribution >= 4 is 29.1 Å². The second kappa shape index (κ2) is 9.92. The van der Waals surface area contributed by atoms with Gasteiger partial charge in [-0.1, -0.05) is 53.5 Å². The van der Waals surface area contributed by atoms with Crippen molar-refractivity contribution in [1.29, 1.82) is 0 Å². The van der Waals surface area contributed by atoms with Crippen LogP contribution in [-0.2, 0) is 11.2 Å². The Bertz CT molecular complexity index is 972. The van der Waals surface area contributed by atoms with Crippen LogP contribution in [0.2, 0.25) is 10.0 Å². The van der Waals surface area contributed by atoms with Crippen molar-refractivity contribution in [1.82, 2.24) is 15.2 Å². The minimum atomic E-state index is -0.0682.